The highest BCUT2D eigenvalue weighted by molar-refractivity contribution is 5.52. The molecule has 2 heteroatoms. The number of hydrogen-bond acceptors (Lipinski definition) is 2. The molecule has 1 aliphatic carbocycles. The Morgan fingerprint density at radius 1 is 1.17 bits per heavy atom. The lowest BCUT2D eigenvalue weighted by Gasteiger charge is -2.34. The van der Waals surface area contributed by atoms with Gasteiger partial charge in [-0.25, -0.2) is 0 Å². The predicted octanol–water partition coefficient (Wildman–Crippen LogP) is 3.55. The largest absolute Gasteiger partial charge is 0.398 e. The molecule has 1 aromatic rings. The Morgan fingerprint density at radius 3 is 2.67 bits per heavy atom. The number of benzene rings is 1. The van der Waals surface area contributed by atoms with Crippen molar-refractivity contribution in [2.75, 3.05) is 5.73 Å². The van der Waals surface area contributed by atoms with E-state index in [0.29, 0.717) is 6.04 Å². The van der Waals surface area contributed by atoms with Crippen molar-refractivity contribution in [2.24, 2.45) is 5.92 Å². The van der Waals surface area contributed by atoms with Crippen LogP contribution in [0.25, 0.3) is 0 Å². The van der Waals surface area contributed by atoms with Crippen molar-refractivity contribution in [3.05, 3.63) is 29.3 Å². The first-order chi connectivity index (χ1) is 8.75. The van der Waals surface area contributed by atoms with Crippen LogP contribution in [-0.2, 0) is 13.1 Å². The van der Waals surface area contributed by atoms with Crippen LogP contribution >= 0.6 is 0 Å². The summed E-state index contributed by atoms with van der Waals surface area (Å²) in [6.45, 7) is 4.57. The first-order valence-corrected chi connectivity index (χ1v) is 7.36. The molecule has 0 radical (unpaired) electrons. The molecule has 1 aliphatic heterocycles. The van der Waals surface area contributed by atoms with Crippen LogP contribution in [0.2, 0.25) is 0 Å². The molecule has 18 heavy (non-hydrogen) atoms. The van der Waals surface area contributed by atoms with Crippen molar-refractivity contribution >= 4 is 5.69 Å². The molecule has 1 saturated carbocycles. The fraction of sp³-hybridized carbons (Fsp3) is 0.625. The summed E-state index contributed by atoms with van der Waals surface area (Å²) in [5.74, 6) is 0.897. The first-order valence-electron chi connectivity index (χ1n) is 7.36. The molecule has 0 aromatic heterocycles. The molecule has 1 heterocycles. The van der Waals surface area contributed by atoms with Crippen LogP contribution in [0.15, 0.2) is 18.2 Å². The Morgan fingerprint density at radius 2 is 1.94 bits per heavy atom. The van der Waals surface area contributed by atoms with Crippen molar-refractivity contribution < 1.29 is 0 Å². The molecule has 1 atom stereocenters. The van der Waals surface area contributed by atoms with E-state index in [4.69, 9.17) is 5.73 Å². The van der Waals surface area contributed by atoms with Crippen molar-refractivity contribution in [1.82, 2.24) is 4.90 Å². The molecule has 0 amide bonds. The highest BCUT2D eigenvalue weighted by Gasteiger charge is 2.29. The molecular formula is C16H24N2. The summed E-state index contributed by atoms with van der Waals surface area (Å²) in [5, 5.41) is 0. The molecule has 0 saturated heterocycles. The molecule has 1 aromatic carbocycles. The third kappa shape index (κ3) is 2.14. The second-order valence-electron chi connectivity index (χ2n) is 6.03. The Kier molecular flexibility index (Phi) is 3.29. The van der Waals surface area contributed by atoms with Crippen molar-refractivity contribution in [1.29, 1.82) is 0 Å². The van der Waals surface area contributed by atoms with E-state index in [1.807, 2.05) is 6.07 Å². The summed E-state index contributed by atoms with van der Waals surface area (Å²) < 4.78 is 0. The average Bonchev–Trinajstić information content (AvgIpc) is 2.84. The van der Waals surface area contributed by atoms with Gasteiger partial charge in [0, 0.05) is 24.8 Å². The van der Waals surface area contributed by atoms with Crippen LogP contribution in [0, 0.1) is 5.92 Å². The molecule has 2 aliphatic rings. The Bertz CT molecular complexity index is 421. The van der Waals surface area contributed by atoms with Crippen molar-refractivity contribution in [2.45, 2.75) is 58.2 Å². The Hall–Kier alpha value is -1.02. The van der Waals surface area contributed by atoms with Crippen molar-refractivity contribution in [3.63, 3.8) is 0 Å². The monoisotopic (exact) mass is 244 g/mol. The molecule has 1 fully saturated rings. The number of fused-ring (bicyclic) bond motifs is 1. The van der Waals surface area contributed by atoms with Crippen LogP contribution < -0.4 is 5.73 Å². The highest BCUT2D eigenvalue weighted by Crippen LogP contribution is 2.34. The van der Waals surface area contributed by atoms with Crippen LogP contribution in [0.4, 0.5) is 5.69 Å². The van der Waals surface area contributed by atoms with Gasteiger partial charge in [-0.05, 0) is 42.9 Å². The van der Waals surface area contributed by atoms with E-state index in [-0.39, 0.29) is 0 Å². The van der Waals surface area contributed by atoms with Gasteiger partial charge in [-0.1, -0.05) is 31.4 Å². The van der Waals surface area contributed by atoms with Crippen molar-refractivity contribution in [3.8, 4) is 0 Å². The van der Waals surface area contributed by atoms with Gasteiger partial charge in [-0.3, -0.25) is 4.90 Å². The second-order valence-corrected chi connectivity index (χ2v) is 6.03. The number of nitrogen functional groups attached to an aromatic ring is 1. The molecule has 0 bridgehead atoms. The maximum absolute atomic E-state index is 6.09. The Balaban J connectivity index is 1.71. The minimum atomic E-state index is 0.706. The van der Waals surface area contributed by atoms with Gasteiger partial charge in [0.2, 0.25) is 0 Å². The average molecular weight is 244 g/mol. The minimum Gasteiger partial charge on any atom is -0.398 e. The topological polar surface area (TPSA) is 29.3 Å². The zero-order valence-electron chi connectivity index (χ0n) is 11.4. The van der Waals surface area contributed by atoms with E-state index in [9.17, 15) is 0 Å². The van der Waals surface area contributed by atoms with Gasteiger partial charge in [0.1, 0.15) is 0 Å². The van der Waals surface area contributed by atoms with Crippen LogP contribution in [0.5, 0.6) is 0 Å². The minimum absolute atomic E-state index is 0.706. The van der Waals surface area contributed by atoms with Gasteiger partial charge >= 0.3 is 0 Å². The molecular weight excluding hydrogens is 220 g/mol. The summed E-state index contributed by atoms with van der Waals surface area (Å²) in [6, 6.07) is 7.06. The SMILES string of the molecule is CC(C1CCCCC1)N1Cc2cccc(N)c2C1. The third-order valence-electron chi connectivity index (χ3n) is 4.95. The lowest BCUT2D eigenvalue weighted by molar-refractivity contribution is 0.129. The summed E-state index contributed by atoms with van der Waals surface area (Å²) in [5.41, 5.74) is 9.88. The van der Waals surface area contributed by atoms with E-state index >= 15 is 0 Å². The van der Waals surface area contributed by atoms with E-state index < -0.39 is 0 Å². The smallest absolute Gasteiger partial charge is 0.0363 e. The van der Waals surface area contributed by atoms with E-state index in [1.165, 1.54) is 43.2 Å². The van der Waals surface area contributed by atoms with Gasteiger partial charge in [-0.2, -0.15) is 0 Å². The number of nitrogens with two attached hydrogens (primary N) is 1. The fourth-order valence-electron chi connectivity index (χ4n) is 3.68. The lowest BCUT2D eigenvalue weighted by Crippen LogP contribution is -2.35. The van der Waals surface area contributed by atoms with E-state index in [1.54, 1.807) is 0 Å². The maximum Gasteiger partial charge on any atom is 0.0363 e. The normalized spacial score (nSPS) is 22.9. The quantitative estimate of drug-likeness (QED) is 0.806. The summed E-state index contributed by atoms with van der Waals surface area (Å²) in [7, 11) is 0. The van der Waals surface area contributed by atoms with Gasteiger partial charge in [0.15, 0.2) is 0 Å². The molecule has 3 rings (SSSR count). The molecule has 0 spiro atoms. The van der Waals surface area contributed by atoms with Crippen LogP contribution in [0.1, 0.15) is 50.2 Å². The van der Waals surface area contributed by atoms with Crippen LogP contribution in [-0.4, -0.2) is 10.9 Å². The van der Waals surface area contributed by atoms with Gasteiger partial charge in [-0.15, -0.1) is 0 Å². The summed E-state index contributed by atoms with van der Waals surface area (Å²) in [4.78, 5) is 2.62. The summed E-state index contributed by atoms with van der Waals surface area (Å²) >= 11 is 0. The zero-order chi connectivity index (χ0) is 12.5. The molecule has 1 unspecified atom stereocenters. The van der Waals surface area contributed by atoms with Gasteiger partial charge in [0.05, 0.1) is 0 Å². The molecule has 98 valence electrons. The highest BCUT2D eigenvalue weighted by atomic mass is 15.2. The lowest BCUT2D eigenvalue weighted by atomic mass is 9.84. The van der Waals surface area contributed by atoms with Gasteiger partial charge in [0.25, 0.3) is 0 Å². The van der Waals surface area contributed by atoms with Crippen LogP contribution in [0.3, 0.4) is 0 Å². The predicted molar refractivity (Wildman–Crippen MR) is 76.1 cm³/mol. The van der Waals surface area contributed by atoms with E-state index in [0.717, 1.165) is 24.7 Å². The molecule has 2 N–H and O–H groups in total. The second kappa shape index (κ2) is 4.93. The fourth-order valence-corrected chi connectivity index (χ4v) is 3.68. The first kappa shape index (κ1) is 12.0. The third-order valence-corrected chi connectivity index (χ3v) is 4.95. The standard InChI is InChI=1S/C16H24N2/c1-12(13-6-3-2-4-7-13)18-10-14-8-5-9-16(17)15(14)11-18/h5,8-9,12-13H,2-4,6-7,10-11,17H2,1H3. The summed E-state index contributed by atoms with van der Waals surface area (Å²) in [6.07, 6.45) is 7.14. The number of anilines is 1. The zero-order valence-corrected chi connectivity index (χ0v) is 11.4. The number of rotatable bonds is 2. The maximum atomic E-state index is 6.09. The van der Waals surface area contributed by atoms with E-state index in [2.05, 4.69) is 24.0 Å². The number of hydrogen-bond donors (Lipinski definition) is 1. The number of nitrogens with zero attached hydrogens (tertiary/aromatic N) is 1. The van der Waals surface area contributed by atoms with Gasteiger partial charge < -0.3 is 5.73 Å². The Labute approximate surface area is 110 Å². The molecule has 2 nitrogen and oxygen atoms in total.